The number of aliphatic hydroxyl groups is 1. The van der Waals surface area contributed by atoms with E-state index >= 15 is 0 Å². The first-order valence-corrected chi connectivity index (χ1v) is 12.6. The molecule has 0 fully saturated rings. The van der Waals surface area contributed by atoms with Crippen molar-refractivity contribution in [2.75, 3.05) is 13.2 Å². The van der Waals surface area contributed by atoms with E-state index in [0.29, 0.717) is 19.3 Å². The first kappa shape index (κ1) is 27.1. The molecule has 0 aliphatic carbocycles. The van der Waals surface area contributed by atoms with E-state index in [0.717, 1.165) is 30.4 Å². The molecular formula is C29H36N2O5. The molecule has 0 spiro atoms. The zero-order valence-corrected chi connectivity index (χ0v) is 20.6. The number of cyclic esters (lactones) is 1. The molecule has 1 aliphatic heterocycles. The second-order valence-electron chi connectivity index (χ2n) is 9.15. The highest BCUT2D eigenvalue weighted by Gasteiger charge is 2.26. The molecule has 0 aromatic heterocycles. The fourth-order valence-corrected chi connectivity index (χ4v) is 4.21. The van der Waals surface area contributed by atoms with Gasteiger partial charge in [-0.1, -0.05) is 72.8 Å². The second kappa shape index (κ2) is 14.8. The maximum atomic E-state index is 13.3. The Morgan fingerprint density at radius 3 is 2.47 bits per heavy atom. The standard InChI is InChI=1S/C29H36N2O5/c32-20-25(18-22-12-6-4-7-13-22)30-27(33)19-24-16-8-2-1-3-11-17-28(34)36-21-26(31-29(24)35)23-14-9-5-10-15-23/h2,4-10,12-15,24-26,32H,1,3,11,16-21H2,(H,30,33)(H,31,35)/t24-,25-,26-/m1/s1. The number of carbonyl (C=O) groups excluding carboxylic acids is 3. The van der Waals surface area contributed by atoms with Gasteiger partial charge >= 0.3 is 5.97 Å². The Hall–Kier alpha value is -3.45. The molecule has 2 amide bonds. The number of benzene rings is 2. The zero-order valence-electron chi connectivity index (χ0n) is 20.6. The molecule has 0 saturated heterocycles. The number of amides is 2. The van der Waals surface area contributed by atoms with Crippen LogP contribution in [0.4, 0.5) is 0 Å². The third-order valence-electron chi connectivity index (χ3n) is 6.23. The zero-order chi connectivity index (χ0) is 25.6. The maximum Gasteiger partial charge on any atom is 0.305 e. The number of rotatable bonds is 7. The molecule has 2 aromatic carbocycles. The predicted molar refractivity (Wildman–Crippen MR) is 138 cm³/mol. The van der Waals surface area contributed by atoms with Gasteiger partial charge in [0, 0.05) is 12.8 Å². The molecule has 0 bridgehead atoms. The minimum absolute atomic E-state index is 0.0112. The minimum atomic E-state index is -0.595. The molecular weight excluding hydrogens is 456 g/mol. The topological polar surface area (TPSA) is 105 Å². The van der Waals surface area contributed by atoms with Gasteiger partial charge in [-0.2, -0.15) is 0 Å². The highest BCUT2D eigenvalue weighted by Crippen LogP contribution is 2.19. The van der Waals surface area contributed by atoms with Crippen molar-refractivity contribution >= 4 is 17.8 Å². The van der Waals surface area contributed by atoms with E-state index in [1.54, 1.807) is 0 Å². The third kappa shape index (κ3) is 9.30. The van der Waals surface area contributed by atoms with Crippen molar-refractivity contribution in [3.8, 4) is 0 Å². The van der Waals surface area contributed by atoms with Gasteiger partial charge in [0.15, 0.2) is 0 Å². The van der Waals surface area contributed by atoms with E-state index in [1.165, 1.54) is 0 Å². The van der Waals surface area contributed by atoms with Crippen molar-refractivity contribution in [2.45, 2.75) is 57.0 Å². The SMILES string of the molecule is O=C(C[C@H]1CC=CCCCCC(=O)OC[C@H](c2ccccc2)NC1=O)N[C@@H](CO)Cc1ccccc1. The molecule has 2 aromatic rings. The lowest BCUT2D eigenvalue weighted by Gasteiger charge is -2.23. The van der Waals surface area contributed by atoms with E-state index < -0.39 is 18.0 Å². The molecule has 0 radical (unpaired) electrons. The number of nitrogens with one attached hydrogen (secondary N) is 2. The Morgan fingerprint density at radius 1 is 1.03 bits per heavy atom. The van der Waals surface area contributed by atoms with E-state index in [-0.39, 0.29) is 37.4 Å². The number of allylic oxidation sites excluding steroid dienone is 2. The minimum Gasteiger partial charge on any atom is -0.463 e. The summed E-state index contributed by atoms with van der Waals surface area (Å²) in [5, 5.41) is 15.7. The van der Waals surface area contributed by atoms with Crippen LogP contribution in [0.2, 0.25) is 0 Å². The predicted octanol–water partition coefficient (Wildman–Crippen LogP) is 3.63. The smallest absolute Gasteiger partial charge is 0.305 e. The average Bonchev–Trinajstić information content (AvgIpc) is 2.89. The van der Waals surface area contributed by atoms with Crippen molar-refractivity contribution in [1.82, 2.24) is 10.6 Å². The monoisotopic (exact) mass is 492 g/mol. The fourth-order valence-electron chi connectivity index (χ4n) is 4.21. The Morgan fingerprint density at radius 2 is 1.75 bits per heavy atom. The molecule has 3 N–H and O–H groups in total. The maximum absolute atomic E-state index is 13.3. The van der Waals surface area contributed by atoms with Crippen LogP contribution >= 0.6 is 0 Å². The molecule has 3 atom stereocenters. The van der Waals surface area contributed by atoms with Crippen molar-refractivity contribution in [3.63, 3.8) is 0 Å². The molecule has 1 heterocycles. The summed E-state index contributed by atoms with van der Waals surface area (Å²) in [5.74, 6) is -1.44. The largest absolute Gasteiger partial charge is 0.463 e. The summed E-state index contributed by atoms with van der Waals surface area (Å²) in [6.07, 6.45) is 7.57. The molecule has 192 valence electrons. The van der Waals surface area contributed by atoms with Crippen molar-refractivity contribution < 1.29 is 24.2 Å². The molecule has 1 aliphatic rings. The first-order chi connectivity index (χ1) is 17.5. The van der Waals surface area contributed by atoms with E-state index in [9.17, 15) is 19.5 Å². The van der Waals surface area contributed by atoms with Crippen LogP contribution in [-0.2, 0) is 25.5 Å². The third-order valence-corrected chi connectivity index (χ3v) is 6.23. The van der Waals surface area contributed by atoms with Gasteiger partial charge in [0.05, 0.1) is 24.6 Å². The normalized spacial score (nSPS) is 20.5. The van der Waals surface area contributed by atoms with Crippen molar-refractivity contribution in [2.24, 2.45) is 5.92 Å². The van der Waals surface area contributed by atoms with E-state index in [2.05, 4.69) is 10.6 Å². The summed E-state index contributed by atoms with van der Waals surface area (Å²) >= 11 is 0. The molecule has 7 heteroatoms. The number of carbonyl (C=O) groups is 3. The highest BCUT2D eigenvalue weighted by molar-refractivity contribution is 5.86. The summed E-state index contributed by atoms with van der Waals surface area (Å²) < 4.78 is 5.46. The molecule has 0 unspecified atom stereocenters. The summed E-state index contributed by atoms with van der Waals surface area (Å²) in [6, 6.07) is 18.0. The molecule has 3 rings (SSSR count). The van der Waals surface area contributed by atoms with Gasteiger partial charge < -0.3 is 20.5 Å². The quantitative estimate of drug-likeness (QED) is 0.404. The van der Waals surface area contributed by atoms with Gasteiger partial charge in [-0.3, -0.25) is 14.4 Å². The molecule has 36 heavy (non-hydrogen) atoms. The van der Waals surface area contributed by atoms with Gasteiger partial charge in [0.2, 0.25) is 11.8 Å². The Labute approximate surface area is 212 Å². The Kier molecular flexibility index (Phi) is 11.2. The van der Waals surface area contributed by atoms with Gasteiger partial charge in [-0.05, 0) is 43.2 Å². The number of hydrogen-bond donors (Lipinski definition) is 3. The summed E-state index contributed by atoms with van der Waals surface area (Å²) in [7, 11) is 0. The van der Waals surface area contributed by atoms with Crippen molar-refractivity contribution in [3.05, 3.63) is 83.9 Å². The summed E-state index contributed by atoms with van der Waals surface area (Å²) in [4.78, 5) is 38.4. The van der Waals surface area contributed by atoms with Gasteiger partial charge in [0.25, 0.3) is 0 Å². The lowest BCUT2D eigenvalue weighted by molar-refractivity contribution is -0.145. The van der Waals surface area contributed by atoms with Crippen LogP contribution in [0.15, 0.2) is 72.8 Å². The number of ether oxygens (including phenoxy) is 1. The van der Waals surface area contributed by atoms with Gasteiger partial charge in [-0.25, -0.2) is 0 Å². The van der Waals surface area contributed by atoms with Crippen LogP contribution in [0.1, 0.15) is 55.7 Å². The summed E-state index contributed by atoms with van der Waals surface area (Å²) in [6.45, 7) is -0.161. The van der Waals surface area contributed by atoms with E-state index in [4.69, 9.17) is 4.74 Å². The fraction of sp³-hybridized carbons (Fsp3) is 0.414. The van der Waals surface area contributed by atoms with Crippen LogP contribution in [-0.4, -0.2) is 42.1 Å². The van der Waals surface area contributed by atoms with E-state index in [1.807, 2.05) is 72.8 Å². The molecule has 0 saturated carbocycles. The molecule has 7 nitrogen and oxygen atoms in total. The van der Waals surface area contributed by atoms with Gasteiger partial charge in [0.1, 0.15) is 6.61 Å². The van der Waals surface area contributed by atoms with Crippen LogP contribution in [0, 0.1) is 5.92 Å². The second-order valence-corrected chi connectivity index (χ2v) is 9.15. The lowest BCUT2D eigenvalue weighted by atomic mass is 9.97. The Bertz CT molecular complexity index is 993. The van der Waals surface area contributed by atoms with Crippen LogP contribution in [0.5, 0.6) is 0 Å². The number of esters is 1. The van der Waals surface area contributed by atoms with Crippen LogP contribution < -0.4 is 10.6 Å². The highest BCUT2D eigenvalue weighted by atomic mass is 16.5. The van der Waals surface area contributed by atoms with Crippen LogP contribution in [0.25, 0.3) is 0 Å². The first-order valence-electron chi connectivity index (χ1n) is 12.6. The number of hydrogen-bond acceptors (Lipinski definition) is 5. The van der Waals surface area contributed by atoms with Crippen molar-refractivity contribution in [1.29, 1.82) is 0 Å². The van der Waals surface area contributed by atoms with Gasteiger partial charge in [-0.15, -0.1) is 0 Å². The lowest BCUT2D eigenvalue weighted by Crippen LogP contribution is -2.42. The summed E-state index contributed by atoms with van der Waals surface area (Å²) in [5.41, 5.74) is 1.84. The van der Waals surface area contributed by atoms with Crippen LogP contribution in [0.3, 0.4) is 0 Å². The Balaban J connectivity index is 1.70. The average molecular weight is 493 g/mol. The number of aliphatic hydroxyl groups excluding tert-OH is 1.